The van der Waals surface area contributed by atoms with E-state index in [9.17, 15) is 9.18 Å². The van der Waals surface area contributed by atoms with E-state index in [4.69, 9.17) is 5.26 Å². The van der Waals surface area contributed by atoms with Crippen LogP contribution in [0.3, 0.4) is 0 Å². The fraction of sp³-hybridized carbons (Fsp3) is 0.429. The molecule has 1 unspecified atom stereocenters. The first-order valence-electron chi connectivity index (χ1n) is 6.13. The first-order valence-corrected chi connectivity index (χ1v) is 6.13. The lowest BCUT2D eigenvalue weighted by atomic mass is 9.94. The summed E-state index contributed by atoms with van der Waals surface area (Å²) in [7, 11) is 0. The van der Waals surface area contributed by atoms with Gasteiger partial charge in [0.15, 0.2) is 5.78 Å². The molecule has 0 bridgehead atoms. The van der Waals surface area contributed by atoms with Crippen molar-refractivity contribution in [1.29, 1.82) is 5.26 Å². The molecule has 1 fully saturated rings. The zero-order chi connectivity index (χ0) is 13.0. The Morgan fingerprint density at radius 3 is 2.78 bits per heavy atom. The quantitative estimate of drug-likeness (QED) is 0.607. The molecule has 0 amide bonds. The van der Waals surface area contributed by atoms with Gasteiger partial charge in [0.1, 0.15) is 5.82 Å². The summed E-state index contributed by atoms with van der Waals surface area (Å²) in [5.74, 6) is -0.353. The van der Waals surface area contributed by atoms with Gasteiger partial charge in [-0.15, -0.1) is 0 Å². The van der Waals surface area contributed by atoms with Gasteiger partial charge < -0.3 is 0 Å². The van der Waals surface area contributed by atoms with Crippen LogP contribution in [0.25, 0.3) is 0 Å². The zero-order valence-corrected chi connectivity index (χ0v) is 10.1. The van der Waals surface area contributed by atoms with Crippen LogP contribution >= 0.6 is 0 Å². The lowest BCUT2D eigenvalue weighted by molar-refractivity contribution is 0.0774. The van der Waals surface area contributed by atoms with Gasteiger partial charge in [0.25, 0.3) is 0 Å². The molecule has 2 rings (SSSR count). The fourth-order valence-corrected chi connectivity index (χ4v) is 2.37. The van der Waals surface area contributed by atoms with E-state index in [2.05, 4.69) is 6.07 Å². The Morgan fingerprint density at radius 1 is 1.39 bits per heavy atom. The molecule has 0 aliphatic carbocycles. The van der Waals surface area contributed by atoms with Gasteiger partial charge in [0, 0.05) is 5.56 Å². The van der Waals surface area contributed by atoms with Gasteiger partial charge in [-0.2, -0.15) is 5.26 Å². The number of halogens is 1. The number of Topliss-reactive ketones (excluding diaryl/α,β-unsaturated/α-hetero) is 1. The predicted octanol–water partition coefficient (Wildman–Crippen LogP) is 2.39. The molecule has 1 aliphatic heterocycles. The average molecular weight is 246 g/mol. The number of nitriles is 1. The van der Waals surface area contributed by atoms with Crippen molar-refractivity contribution in [2.45, 2.75) is 25.3 Å². The summed E-state index contributed by atoms with van der Waals surface area (Å²) in [6, 6.07) is 7.48. The number of ketones is 1. The molecule has 0 radical (unpaired) electrons. The Balaban J connectivity index is 2.15. The molecule has 0 aromatic heterocycles. The van der Waals surface area contributed by atoms with Crippen molar-refractivity contribution >= 4 is 5.78 Å². The van der Waals surface area contributed by atoms with Crippen molar-refractivity contribution < 1.29 is 9.18 Å². The maximum absolute atomic E-state index is 12.8. The molecule has 1 aromatic rings. The third-order valence-corrected chi connectivity index (χ3v) is 3.32. The minimum absolute atomic E-state index is 0.00931. The van der Waals surface area contributed by atoms with Crippen LogP contribution in [0.15, 0.2) is 24.3 Å². The van der Waals surface area contributed by atoms with Crippen molar-refractivity contribution in [3.8, 4) is 6.07 Å². The van der Waals surface area contributed by atoms with Crippen molar-refractivity contribution in [2.24, 2.45) is 0 Å². The molecule has 18 heavy (non-hydrogen) atoms. The summed E-state index contributed by atoms with van der Waals surface area (Å²) in [5, 5.41) is 8.77. The average Bonchev–Trinajstić information content (AvgIpc) is 2.40. The molecule has 0 N–H and O–H groups in total. The van der Waals surface area contributed by atoms with Crippen LogP contribution in [0.5, 0.6) is 0 Å². The summed E-state index contributed by atoms with van der Waals surface area (Å²) in [4.78, 5) is 14.2. The minimum Gasteiger partial charge on any atom is -0.292 e. The normalized spacial score (nSPS) is 20.3. The van der Waals surface area contributed by atoms with Gasteiger partial charge in [-0.05, 0) is 43.7 Å². The lowest BCUT2D eigenvalue weighted by Crippen LogP contribution is -2.44. The second kappa shape index (κ2) is 5.74. The van der Waals surface area contributed by atoms with E-state index in [0.717, 1.165) is 25.8 Å². The van der Waals surface area contributed by atoms with E-state index in [1.54, 1.807) is 0 Å². The molecule has 94 valence electrons. The first-order chi connectivity index (χ1) is 8.72. The molecular weight excluding hydrogens is 231 g/mol. The number of likely N-dealkylation sites (tertiary alicyclic amines) is 1. The molecule has 3 nitrogen and oxygen atoms in total. The maximum Gasteiger partial charge on any atom is 0.179 e. The van der Waals surface area contributed by atoms with E-state index in [0.29, 0.717) is 5.56 Å². The van der Waals surface area contributed by atoms with Crippen molar-refractivity contribution in [3.05, 3.63) is 35.6 Å². The number of carbonyl (C=O) groups is 1. The molecule has 4 heteroatoms. The summed E-state index contributed by atoms with van der Waals surface area (Å²) in [5.41, 5.74) is 0.520. The summed E-state index contributed by atoms with van der Waals surface area (Å²) in [6.07, 6.45) is 2.80. The largest absolute Gasteiger partial charge is 0.292 e. The molecule has 1 saturated heterocycles. The third kappa shape index (κ3) is 2.74. The predicted molar refractivity (Wildman–Crippen MR) is 65.6 cm³/mol. The minimum atomic E-state index is -0.343. The Hall–Kier alpha value is -1.73. The van der Waals surface area contributed by atoms with E-state index in [1.165, 1.54) is 24.3 Å². The van der Waals surface area contributed by atoms with Crippen molar-refractivity contribution in [3.63, 3.8) is 0 Å². The Morgan fingerprint density at radius 2 is 2.11 bits per heavy atom. The van der Waals surface area contributed by atoms with E-state index in [1.807, 2.05) is 4.90 Å². The zero-order valence-electron chi connectivity index (χ0n) is 10.1. The topological polar surface area (TPSA) is 44.1 Å². The number of benzene rings is 1. The highest BCUT2D eigenvalue weighted by Gasteiger charge is 2.28. The molecule has 1 atom stereocenters. The smallest absolute Gasteiger partial charge is 0.179 e. The Kier molecular flexibility index (Phi) is 4.06. The van der Waals surface area contributed by atoms with Gasteiger partial charge in [0.05, 0.1) is 18.7 Å². The van der Waals surface area contributed by atoms with Crippen LogP contribution in [0.1, 0.15) is 29.6 Å². The van der Waals surface area contributed by atoms with Crippen LogP contribution in [0.2, 0.25) is 0 Å². The molecule has 1 aromatic carbocycles. The highest BCUT2D eigenvalue weighted by atomic mass is 19.1. The third-order valence-electron chi connectivity index (χ3n) is 3.32. The fourth-order valence-electron chi connectivity index (χ4n) is 2.37. The van der Waals surface area contributed by atoms with Crippen LogP contribution in [0, 0.1) is 17.1 Å². The SMILES string of the molecule is N#CCN1CCCCC1C(=O)c1ccc(F)cc1. The standard InChI is InChI=1S/C14H15FN2O/c15-12-6-4-11(5-7-12)14(18)13-3-1-2-9-17(13)10-8-16/h4-7,13H,1-3,9-10H2. The number of hydrogen-bond donors (Lipinski definition) is 0. The Labute approximate surface area is 106 Å². The second-order valence-corrected chi connectivity index (χ2v) is 4.51. The summed E-state index contributed by atoms with van der Waals surface area (Å²) >= 11 is 0. The summed E-state index contributed by atoms with van der Waals surface area (Å²) < 4.78 is 12.8. The molecule has 0 spiro atoms. The Bertz CT molecular complexity index is 464. The number of carbonyl (C=O) groups excluding carboxylic acids is 1. The van der Waals surface area contributed by atoms with Gasteiger partial charge >= 0.3 is 0 Å². The van der Waals surface area contributed by atoms with Crippen LogP contribution < -0.4 is 0 Å². The lowest BCUT2D eigenvalue weighted by Gasteiger charge is -2.32. The number of hydrogen-bond acceptors (Lipinski definition) is 3. The van der Waals surface area contributed by atoms with Crippen LogP contribution in [0.4, 0.5) is 4.39 Å². The van der Waals surface area contributed by atoms with Gasteiger partial charge in [-0.25, -0.2) is 4.39 Å². The second-order valence-electron chi connectivity index (χ2n) is 4.51. The number of piperidine rings is 1. The van der Waals surface area contributed by atoms with E-state index >= 15 is 0 Å². The summed E-state index contributed by atoms with van der Waals surface area (Å²) in [6.45, 7) is 1.06. The molecule has 0 saturated carbocycles. The van der Waals surface area contributed by atoms with Gasteiger partial charge in [-0.3, -0.25) is 9.69 Å². The molecule has 1 aliphatic rings. The number of rotatable bonds is 3. The van der Waals surface area contributed by atoms with Gasteiger partial charge in [0.2, 0.25) is 0 Å². The highest BCUT2D eigenvalue weighted by molar-refractivity contribution is 6.00. The highest BCUT2D eigenvalue weighted by Crippen LogP contribution is 2.20. The first kappa shape index (κ1) is 12.7. The monoisotopic (exact) mass is 246 g/mol. The molecular formula is C14H15FN2O. The van der Waals surface area contributed by atoms with Crippen LogP contribution in [-0.4, -0.2) is 29.8 Å². The number of nitrogens with zero attached hydrogens (tertiary/aromatic N) is 2. The van der Waals surface area contributed by atoms with Crippen molar-refractivity contribution in [1.82, 2.24) is 4.90 Å². The van der Waals surface area contributed by atoms with E-state index in [-0.39, 0.29) is 24.2 Å². The van der Waals surface area contributed by atoms with Crippen LogP contribution in [-0.2, 0) is 0 Å². The van der Waals surface area contributed by atoms with Crippen molar-refractivity contribution in [2.75, 3.05) is 13.1 Å². The molecule has 1 heterocycles. The van der Waals surface area contributed by atoms with E-state index < -0.39 is 0 Å². The maximum atomic E-state index is 12.8. The van der Waals surface area contributed by atoms with Gasteiger partial charge in [-0.1, -0.05) is 6.42 Å².